The summed E-state index contributed by atoms with van der Waals surface area (Å²) in [4.78, 5) is 26.5. The average Bonchev–Trinajstić information content (AvgIpc) is 3.06. The van der Waals surface area contributed by atoms with Crippen molar-refractivity contribution in [1.82, 2.24) is 0 Å². The Balaban J connectivity index is 1.70. The highest BCUT2D eigenvalue weighted by molar-refractivity contribution is 7.92. The number of imide groups is 1. The van der Waals surface area contributed by atoms with E-state index in [1.807, 2.05) is 6.07 Å². The SMILES string of the molecule is N#Cc1cccc(N2C(=O)c3c(Cl)ccc(NS(=O)(=O)c4ccc(OC(F)(F)F)cc4)c3C2=O)c1. The minimum atomic E-state index is -4.95. The van der Waals surface area contributed by atoms with Gasteiger partial charge in [-0.1, -0.05) is 17.7 Å². The maximum absolute atomic E-state index is 13.2. The summed E-state index contributed by atoms with van der Waals surface area (Å²) in [5, 5.41) is 9.00. The predicted octanol–water partition coefficient (Wildman–Crippen LogP) is 4.71. The number of anilines is 2. The number of nitrogens with one attached hydrogen (secondary N) is 1. The lowest BCUT2D eigenvalue weighted by Crippen LogP contribution is -2.29. The molecule has 1 aliphatic rings. The van der Waals surface area contributed by atoms with E-state index in [2.05, 4.69) is 9.46 Å². The first-order chi connectivity index (χ1) is 16.4. The van der Waals surface area contributed by atoms with E-state index in [9.17, 15) is 31.2 Å². The molecule has 0 atom stereocenters. The third-order valence-electron chi connectivity index (χ3n) is 4.83. The monoisotopic (exact) mass is 521 g/mol. The number of amides is 2. The van der Waals surface area contributed by atoms with Gasteiger partial charge in [0, 0.05) is 0 Å². The Kier molecular flexibility index (Phi) is 5.92. The number of hydrogen-bond donors (Lipinski definition) is 1. The van der Waals surface area contributed by atoms with Crippen LogP contribution in [-0.2, 0) is 10.0 Å². The molecule has 178 valence electrons. The van der Waals surface area contributed by atoms with Crippen molar-refractivity contribution < 1.29 is 35.9 Å². The third kappa shape index (κ3) is 4.64. The van der Waals surface area contributed by atoms with Gasteiger partial charge in [0.25, 0.3) is 21.8 Å². The van der Waals surface area contributed by atoms with E-state index in [-0.39, 0.29) is 33.1 Å². The van der Waals surface area contributed by atoms with Crippen molar-refractivity contribution >= 4 is 44.8 Å². The van der Waals surface area contributed by atoms with Crippen LogP contribution < -0.4 is 14.4 Å². The summed E-state index contributed by atoms with van der Waals surface area (Å²) in [7, 11) is -4.40. The molecule has 13 heteroatoms. The van der Waals surface area contributed by atoms with Crippen LogP contribution in [0, 0.1) is 11.3 Å². The largest absolute Gasteiger partial charge is 0.573 e. The molecule has 1 aliphatic heterocycles. The lowest BCUT2D eigenvalue weighted by molar-refractivity contribution is -0.274. The van der Waals surface area contributed by atoms with Gasteiger partial charge in [0.05, 0.1) is 44.1 Å². The quantitative estimate of drug-likeness (QED) is 0.486. The van der Waals surface area contributed by atoms with Gasteiger partial charge in [0.2, 0.25) is 0 Å². The van der Waals surface area contributed by atoms with Crippen LogP contribution in [0.15, 0.2) is 65.6 Å². The maximum atomic E-state index is 13.2. The summed E-state index contributed by atoms with van der Waals surface area (Å²) in [6.45, 7) is 0. The summed E-state index contributed by atoms with van der Waals surface area (Å²) < 4.78 is 68.6. The highest BCUT2D eigenvalue weighted by Crippen LogP contribution is 2.38. The van der Waals surface area contributed by atoms with Crippen molar-refractivity contribution in [3.8, 4) is 11.8 Å². The van der Waals surface area contributed by atoms with Gasteiger partial charge in [-0.25, -0.2) is 13.3 Å². The smallest absolute Gasteiger partial charge is 0.406 e. The van der Waals surface area contributed by atoms with Crippen molar-refractivity contribution in [3.05, 3.63) is 82.4 Å². The predicted molar refractivity (Wildman–Crippen MR) is 118 cm³/mol. The van der Waals surface area contributed by atoms with Crippen LogP contribution in [0.2, 0.25) is 5.02 Å². The first-order valence-corrected chi connectivity index (χ1v) is 11.4. The molecule has 2 amide bonds. The molecule has 0 radical (unpaired) electrons. The third-order valence-corrected chi connectivity index (χ3v) is 6.53. The number of halogens is 4. The number of nitrogens with zero attached hydrogens (tertiary/aromatic N) is 2. The van der Waals surface area contributed by atoms with Gasteiger partial charge in [-0.3, -0.25) is 14.3 Å². The van der Waals surface area contributed by atoms with Gasteiger partial charge in [-0.05, 0) is 54.6 Å². The van der Waals surface area contributed by atoms with E-state index in [1.165, 1.54) is 36.4 Å². The molecule has 1 heterocycles. The molecule has 35 heavy (non-hydrogen) atoms. The number of carbonyl (C=O) groups is 2. The molecule has 0 bridgehead atoms. The van der Waals surface area contributed by atoms with Crippen LogP contribution in [0.25, 0.3) is 0 Å². The zero-order valence-electron chi connectivity index (χ0n) is 17.1. The number of carbonyl (C=O) groups excluding carboxylic acids is 2. The second-order valence-electron chi connectivity index (χ2n) is 7.08. The topological polar surface area (TPSA) is 117 Å². The molecule has 8 nitrogen and oxygen atoms in total. The van der Waals surface area contributed by atoms with Crippen LogP contribution in [-0.4, -0.2) is 26.6 Å². The van der Waals surface area contributed by atoms with Crippen molar-refractivity contribution in [2.75, 3.05) is 9.62 Å². The van der Waals surface area contributed by atoms with E-state index in [0.717, 1.165) is 29.2 Å². The van der Waals surface area contributed by atoms with Crippen molar-refractivity contribution in [1.29, 1.82) is 5.26 Å². The molecule has 4 rings (SSSR count). The standard InChI is InChI=1S/C22H11ClF3N3O5S/c23-16-8-9-17(28-35(32,33)15-6-4-14(5-7-15)34-22(24,25)26)19-18(16)20(30)29(21(19)31)13-3-1-2-12(10-13)11-27/h1-10,28H. The maximum Gasteiger partial charge on any atom is 0.573 e. The van der Waals surface area contributed by atoms with E-state index in [4.69, 9.17) is 16.9 Å². The van der Waals surface area contributed by atoms with Gasteiger partial charge in [-0.15, -0.1) is 13.2 Å². The lowest BCUT2D eigenvalue weighted by Gasteiger charge is -2.14. The Bertz CT molecular complexity index is 1520. The van der Waals surface area contributed by atoms with E-state index in [0.29, 0.717) is 0 Å². The minimum Gasteiger partial charge on any atom is -0.406 e. The first kappa shape index (κ1) is 24.1. The molecule has 3 aromatic carbocycles. The van der Waals surface area contributed by atoms with Gasteiger partial charge >= 0.3 is 6.36 Å². The van der Waals surface area contributed by atoms with E-state index in [1.54, 1.807) is 0 Å². The molecular formula is C22H11ClF3N3O5S. The highest BCUT2D eigenvalue weighted by Gasteiger charge is 2.41. The minimum absolute atomic E-state index is 0.0837. The fourth-order valence-electron chi connectivity index (χ4n) is 3.38. The molecule has 1 N–H and O–H groups in total. The molecule has 0 aromatic heterocycles. The summed E-state index contributed by atoms with van der Waals surface area (Å²) in [5.41, 5.74) is -0.555. The molecule has 3 aromatic rings. The van der Waals surface area contributed by atoms with Crippen molar-refractivity contribution in [2.45, 2.75) is 11.3 Å². The van der Waals surface area contributed by atoms with Gasteiger partial charge in [0.1, 0.15) is 5.75 Å². The molecule has 0 spiro atoms. The number of nitriles is 1. The molecule has 0 unspecified atom stereocenters. The number of sulfonamides is 1. The average molecular weight is 522 g/mol. The molecule has 0 fully saturated rings. The number of rotatable bonds is 5. The Morgan fingerprint density at radius 3 is 2.26 bits per heavy atom. The summed E-state index contributed by atoms with van der Waals surface area (Å²) in [6.07, 6.45) is -4.95. The number of ether oxygens (including phenoxy) is 1. The van der Waals surface area contributed by atoms with Crippen LogP contribution in [0.5, 0.6) is 5.75 Å². The summed E-state index contributed by atoms with van der Waals surface area (Å²) in [5.74, 6) is -2.33. The van der Waals surface area contributed by atoms with Crippen LogP contribution in [0.3, 0.4) is 0 Å². The van der Waals surface area contributed by atoms with Crippen LogP contribution in [0.1, 0.15) is 26.3 Å². The Hall–Kier alpha value is -4.08. The number of benzene rings is 3. The summed E-state index contributed by atoms with van der Waals surface area (Å²) in [6, 6.07) is 13.4. The van der Waals surface area contributed by atoms with Crippen LogP contribution in [0.4, 0.5) is 24.5 Å². The Morgan fingerprint density at radius 1 is 0.971 bits per heavy atom. The second kappa shape index (κ2) is 8.61. The lowest BCUT2D eigenvalue weighted by atomic mass is 10.1. The zero-order chi connectivity index (χ0) is 25.5. The fourth-order valence-corrected chi connectivity index (χ4v) is 4.69. The Labute approximate surface area is 201 Å². The fraction of sp³-hybridized carbons (Fsp3) is 0.0455. The van der Waals surface area contributed by atoms with Crippen molar-refractivity contribution in [3.63, 3.8) is 0 Å². The highest BCUT2D eigenvalue weighted by atomic mass is 35.5. The second-order valence-corrected chi connectivity index (χ2v) is 9.17. The Morgan fingerprint density at radius 2 is 1.63 bits per heavy atom. The van der Waals surface area contributed by atoms with Crippen molar-refractivity contribution in [2.24, 2.45) is 0 Å². The van der Waals surface area contributed by atoms with Gasteiger partial charge < -0.3 is 4.74 Å². The molecule has 0 saturated carbocycles. The number of fused-ring (bicyclic) bond motifs is 1. The number of hydrogen-bond acceptors (Lipinski definition) is 6. The zero-order valence-corrected chi connectivity index (χ0v) is 18.7. The summed E-state index contributed by atoms with van der Waals surface area (Å²) >= 11 is 6.14. The number of alkyl halides is 3. The molecule has 0 saturated heterocycles. The van der Waals surface area contributed by atoms with Gasteiger partial charge in [-0.2, -0.15) is 5.26 Å². The molecule has 0 aliphatic carbocycles. The van der Waals surface area contributed by atoms with Gasteiger partial charge in [0.15, 0.2) is 0 Å². The first-order valence-electron chi connectivity index (χ1n) is 9.51. The van der Waals surface area contributed by atoms with E-state index < -0.39 is 38.8 Å². The van der Waals surface area contributed by atoms with E-state index >= 15 is 0 Å². The van der Waals surface area contributed by atoms with Crippen LogP contribution >= 0.6 is 11.6 Å². The normalized spacial score (nSPS) is 13.4. The molecular weight excluding hydrogens is 511 g/mol.